The second kappa shape index (κ2) is 14.2. The number of piperazine rings is 1. The lowest BCUT2D eigenvalue weighted by molar-refractivity contribution is -0.118. The van der Waals surface area contributed by atoms with Crippen molar-refractivity contribution in [1.29, 1.82) is 0 Å². The molecule has 3 aromatic rings. The number of aromatic nitrogens is 1. The van der Waals surface area contributed by atoms with E-state index in [9.17, 15) is 13.2 Å². The zero-order valence-electron chi connectivity index (χ0n) is 24.3. The topological polar surface area (TPSA) is 127 Å². The molecule has 1 aromatic heterocycles. The van der Waals surface area contributed by atoms with Gasteiger partial charge in [-0.05, 0) is 74.1 Å². The van der Waals surface area contributed by atoms with Gasteiger partial charge in [-0.15, -0.1) is 0 Å². The molecule has 0 bridgehead atoms. The third-order valence-corrected chi connectivity index (χ3v) is 11.0. The van der Waals surface area contributed by atoms with E-state index in [0.29, 0.717) is 29.8 Å². The lowest BCUT2D eigenvalue weighted by Gasteiger charge is -2.40. The Hall–Kier alpha value is -2.64. The lowest BCUT2D eigenvalue weighted by Crippen LogP contribution is -2.59. The molecule has 0 saturated carbocycles. The van der Waals surface area contributed by atoms with Gasteiger partial charge in [0, 0.05) is 59.9 Å². The minimum Gasteiger partial charge on any atom is -0.381 e. The summed E-state index contributed by atoms with van der Waals surface area (Å²) in [5, 5.41) is 7.06. The number of rotatable bonds is 9. The molecule has 236 valence electrons. The molecule has 9 nitrogen and oxygen atoms in total. The Morgan fingerprint density at radius 3 is 2.39 bits per heavy atom. The van der Waals surface area contributed by atoms with Gasteiger partial charge in [0.2, 0.25) is 15.9 Å². The Labute approximate surface area is 267 Å². The van der Waals surface area contributed by atoms with E-state index in [1.807, 2.05) is 12.1 Å². The van der Waals surface area contributed by atoms with E-state index in [2.05, 4.69) is 15.6 Å². The van der Waals surface area contributed by atoms with Crippen LogP contribution in [0.5, 0.6) is 0 Å². The molecule has 1 amide bonds. The van der Waals surface area contributed by atoms with E-state index in [4.69, 9.17) is 33.7 Å². The molecule has 0 radical (unpaired) electrons. The van der Waals surface area contributed by atoms with Crippen molar-refractivity contribution in [2.24, 2.45) is 11.7 Å². The number of hydrogen-bond donors (Lipinski definition) is 3. The predicted octanol–water partition coefficient (Wildman–Crippen LogP) is 4.60. The lowest BCUT2D eigenvalue weighted by atomic mass is 9.76. The van der Waals surface area contributed by atoms with Crippen molar-refractivity contribution in [2.75, 3.05) is 31.6 Å². The first-order valence-corrected chi connectivity index (χ1v) is 16.8. The average Bonchev–Trinajstić information content (AvgIpc) is 3.00. The molecule has 0 aliphatic carbocycles. The number of sulfonamides is 1. The minimum absolute atomic E-state index is 0.00998. The first-order chi connectivity index (χ1) is 21.1. The van der Waals surface area contributed by atoms with Crippen LogP contribution in [-0.2, 0) is 26.0 Å². The molecule has 44 heavy (non-hydrogen) atoms. The Bertz CT molecular complexity index is 1560. The molecule has 2 aliphatic heterocycles. The maximum atomic E-state index is 15.4. The van der Waals surface area contributed by atoms with E-state index in [0.717, 1.165) is 24.6 Å². The summed E-state index contributed by atoms with van der Waals surface area (Å²) in [7, 11) is -3.95. The van der Waals surface area contributed by atoms with Crippen LogP contribution in [0.25, 0.3) is 0 Å². The Kier molecular flexibility index (Phi) is 10.6. The molecular formula is C31H36Cl2FN5O4S. The zero-order chi connectivity index (χ0) is 31.4. The molecule has 2 fully saturated rings. The summed E-state index contributed by atoms with van der Waals surface area (Å²) >= 11 is 12.1. The summed E-state index contributed by atoms with van der Waals surface area (Å²) < 4.78 is 49.9. The van der Waals surface area contributed by atoms with Crippen molar-refractivity contribution in [1.82, 2.24) is 14.6 Å². The number of amides is 1. The maximum Gasteiger partial charge on any atom is 0.243 e. The number of nitrogens with one attached hydrogen (secondary N) is 2. The van der Waals surface area contributed by atoms with Crippen LogP contribution in [0.15, 0.2) is 65.8 Å². The second-order valence-corrected chi connectivity index (χ2v) is 14.1. The van der Waals surface area contributed by atoms with E-state index in [1.54, 1.807) is 19.1 Å². The molecule has 2 saturated heterocycles. The highest BCUT2D eigenvalue weighted by Gasteiger charge is 2.39. The molecule has 3 heterocycles. The molecule has 4 N–H and O–H groups in total. The standard InChI is InChI=1S/C31H36Cl2FN5O4S/c1-19-15-36-16-24(39(19)44(41,42)25-8-6-23(33)7-9-25)14-26-27(34)17-37-18-28(26)38-31(40)30(35)29(21-10-12-43-13-11-21)20-2-4-22(32)5-3-20/h2-9,17-19,21,24,29-30,36H,10-16,35H2,1H3,(H,38,40)/t19-,24?,29-,30-/m0/s1. The molecule has 5 rings (SSSR count). The van der Waals surface area contributed by atoms with Crippen molar-refractivity contribution in [3.63, 3.8) is 0 Å². The number of carbonyl (C=O) groups is 1. The third-order valence-electron chi connectivity index (χ3n) is 8.42. The molecular weight excluding hydrogens is 628 g/mol. The van der Waals surface area contributed by atoms with Crippen LogP contribution in [0.3, 0.4) is 0 Å². The fourth-order valence-electron chi connectivity index (χ4n) is 6.25. The van der Waals surface area contributed by atoms with E-state index in [1.165, 1.54) is 34.8 Å². The van der Waals surface area contributed by atoms with E-state index >= 15 is 4.39 Å². The van der Waals surface area contributed by atoms with Gasteiger partial charge in [0.15, 0.2) is 0 Å². The summed E-state index contributed by atoms with van der Waals surface area (Å²) in [5.74, 6) is -1.38. The highest BCUT2D eigenvalue weighted by Crippen LogP contribution is 2.36. The van der Waals surface area contributed by atoms with Gasteiger partial charge in [0.05, 0.1) is 29.0 Å². The predicted molar refractivity (Wildman–Crippen MR) is 169 cm³/mol. The first-order valence-electron chi connectivity index (χ1n) is 14.6. The van der Waals surface area contributed by atoms with Gasteiger partial charge in [-0.2, -0.15) is 4.31 Å². The van der Waals surface area contributed by atoms with E-state index in [-0.39, 0.29) is 40.9 Å². The number of nitrogens with zero attached hydrogens (tertiary/aromatic N) is 2. The van der Waals surface area contributed by atoms with Crippen molar-refractivity contribution in [2.45, 2.75) is 55.1 Å². The Morgan fingerprint density at radius 1 is 1.09 bits per heavy atom. The third kappa shape index (κ3) is 7.25. The van der Waals surface area contributed by atoms with Gasteiger partial charge < -0.3 is 21.1 Å². The molecule has 2 aromatic carbocycles. The number of hydrogen-bond acceptors (Lipinski definition) is 7. The van der Waals surface area contributed by atoms with Crippen molar-refractivity contribution < 1.29 is 22.3 Å². The van der Waals surface area contributed by atoms with Crippen LogP contribution in [0.2, 0.25) is 10.0 Å². The first kappa shape index (κ1) is 32.7. The number of pyridine rings is 1. The quantitative estimate of drug-likeness (QED) is 0.306. The fourth-order valence-corrected chi connectivity index (χ4v) is 8.31. The number of ether oxygens (including phenoxy) is 1. The molecule has 0 spiro atoms. The number of nitrogens with two attached hydrogens (primary N) is 1. The Balaban J connectivity index is 1.41. The van der Waals surface area contributed by atoms with Gasteiger partial charge in [-0.1, -0.05) is 35.3 Å². The summed E-state index contributed by atoms with van der Waals surface area (Å²) in [4.78, 5) is 17.8. The van der Waals surface area contributed by atoms with Crippen molar-refractivity contribution >= 4 is 44.8 Å². The van der Waals surface area contributed by atoms with E-state index < -0.39 is 39.9 Å². The summed E-state index contributed by atoms with van der Waals surface area (Å²) in [6, 6.07) is 11.2. The molecule has 13 heteroatoms. The normalized spacial score (nSPS) is 21.5. The number of carbonyl (C=O) groups excluding carboxylic acids is 1. The molecule has 1 unspecified atom stereocenters. The Morgan fingerprint density at radius 2 is 1.73 bits per heavy atom. The monoisotopic (exact) mass is 663 g/mol. The van der Waals surface area contributed by atoms with Crippen molar-refractivity contribution in [3.05, 3.63) is 87.9 Å². The minimum atomic E-state index is -3.95. The van der Waals surface area contributed by atoms with Gasteiger partial charge in [-0.25, -0.2) is 12.8 Å². The highest BCUT2D eigenvalue weighted by molar-refractivity contribution is 7.89. The highest BCUT2D eigenvalue weighted by atomic mass is 35.5. The maximum absolute atomic E-state index is 15.4. The van der Waals surface area contributed by atoms with Crippen LogP contribution in [-0.4, -0.2) is 68.0 Å². The summed E-state index contributed by atoms with van der Waals surface area (Å²) in [6.07, 6.45) is 3.90. The van der Waals surface area contributed by atoms with Crippen LogP contribution < -0.4 is 16.4 Å². The van der Waals surface area contributed by atoms with Gasteiger partial charge in [0.25, 0.3) is 0 Å². The second-order valence-electron chi connectivity index (χ2n) is 11.3. The number of benzene rings is 2. The SMILES string of the molecule is C[C@H]1CNCC(Cc2c(F)cncc2NC(=O)[C@@H](N)[C@@H](c2ccc(Cl)cc2)C2CCOCC2)N1S(=O)(=O)c1ccc(Cl)cc1. The van der Waals surface area contributed by atoms with Gasteiger partial charge in [0.1, 0.15) is 5.82 Å². The van der Waals surface area contributed by atoms with Crippen LogP contribution in [0.4, 0.5) is 10.1 Å². The zero-order valence-corrected chi connectivity index (χ0v) is 26.6. The van der Waals surface area contributed by atoms with Crippen LogP contribution in [0.1, 0.15) is 36.8 Å². The smallest absolute Gasteiger partial charge is 0.243 e. The van der Waals surface area contributed by atoms with Gasteiger partial charge >= 0.3 is 0 Å². The summed E-state index contributed by atoms with van der Waals surface area (Å²) in [5.41, 5.74) is 7.82. The van der Waals surface area contributed by atoms with Crippen LogP contribution >= 0.6 is 23.2 Å². The summed E-state index contributed by atoms with van der Waals surface area (Å²) in [6.45, 7) is 3.66. The molecule has 2 aliphatic rings. The molecule has 4 atom stereocenters. The van der Waals surface area contributed by atoms with Crippen LogP contribution in [0, 0.1) is 11.7 Å². The number of anilines is 1. The largest absolute Gasteiger partial charge is 0.381 e. The van der Waals surface area contributed by atoms with Gasteiger partial charge in [-0.3, -0.25) is 9.78 Å². The fraction of sp³-hybridized carbons (Fsp3) is 0.419. The number of halogens is 3. The van der Waals surface area contributed by atoms with Crippen molar-refractivity contribution in [3.8, 4) is 0 Å². The average molecular weight is 665 g/mol.